The van der Waals surface area contributed by atoms with Crippen molar-refractivity contribution in [2.75, 3.05) is 20.2 Å². The number of rotatable bonds is 6. The summed E-state index contributed by atoms with van der Waals surface area (Å²) >= 11 is 0. The number of hydrogen-bond donors (Lipinski definition) is 0. The van der Waals surface area contributed by atoms with Crippen LogP contribution < -0.4 is 4.74 Å². The first-order chi connectivity index (χ1) is 8.16. The predicted molar refractivity (Wildman–Crippen MR) is 66.7 cm³/mol. The van der Waals surface area contributed by atoms with Crippen molar-refractivity contribution in [1.82, 2.24) is 4.90 Å². The molecule has 0 amide bonds. The van der Waals surface area contributed by atoms with Crippen LogP contribution >= 0.6 is 0 Å². The summed E-state index contributed by atoms with van der Waals surface area (Å²) in [5.74, 6) is 1.39. The molecule has 17 heavy (non-hydrogen) atoms. The summed E-state index contributed by atoms with van der Waals surface area (Å²) in [7, 11) is 2.14. The second kappa shape index (κ2) is 5.50. The zero-order chi connectivity index (χ0) is 12.3. The molecule has 0 aliphatic heterocycles. The molecule has 1 saturated carbocycles. The zero-order valence-corrected chi connectivity index (χ0v) is 10.5. The Morgan fingerprint density at radius 3 is 2.59 bits per heavy atom. The van der Waals surface area contributed by atoms with Crippen LogP contribution in [0.4, 0.5) is 4.39 Å². The second-order valence-electron chi connectivity index (χ2n) is 4.86. The Balaban J connectivity index is 1.69. The maximum Gasteiger partial charge on any atom is 0.123 e. The molecule has 1 aromatic rings. The second-order valence-corrected chi connectivity index (χ2v) is 4.86. The van der Waals surface area contributed by atoms with Gasteiger partial charge in [0, 0.05) is 12.6 Å². The number of nitrogens with zero attached hydrogens (tertiary/aromatic N) is 1. The summed E-state index contributed by atoms with van der Waals surface area (Å²) in [5.41, 5.74) is 0. The van der Waals surface area contributed by atoms with Crippen molar-refractivity contribution in [3.63, 3.8) is 0 Å². The summed E-state index contributed by atoms with van der Waals surface area (Å²) in [6.07, 6.45) is 2.73. The molecule has 0 aromatic heterocycles. The van der Waals surface area contributed by atoms with Crippen LogP contribution in [0.5, 0.6) is 5.75 Å². The Bertz CT molecular complexity index is 348. The third kappa shape index (κ3) is 3.70. The van der Waals surface area contributed by atoms with E-state index in [4.69, 9.17) is 4.74 Å². The monoisotopic (exact) mass is 237 g/mol. The van der Waals surface area contributed by atoms with Crippen LogP contribution in [0.25, 0.3) is 0 Å². The van der Waals surface area contributed by atoms with Crippen molar-refractivity contribution in [3.05, 3.63) is 30.1 Å². The van der Waals surface area contributed by atoms with Gasteiger partial charge in [-0.25, -0.2) is 4.39 Å². The summed E-state index contributed by atoms with van der Waals surface area (Å²) in [6, 6.07) is 6.82. The maximum atomic E-state index is 12.7. The number of benzene rings is 1. The Morgan fingerprint density at radius 2 is 2.00 bits per heavy atom. The van der Waals surface area contributed by atoms with E-state index in [1.165, 1.54) is 25.0 Å². The smallest absolute Gasteiger partial charge is 0.123 e. The highest BCUT2D eigenvalue weighted by Crippen LogP contribution is 2.34. The fraction of sp³-hybridized carbons (Fsp3) is 0.571. The molecule has 1 aliphatic carbocycles. The number of halogens is 1. The number of hydrogen-bond acceptors (Lipinski definition) is 2. The van der Waals surface area contributed by atoms with Crippen molar-refractivity contribution in [1.29, 1.82) is 0 Å². The number of likely N-dealkylation sites (N-methyl/N-ethyl adjacent to an activating group) is 1. The molecule has 0 radical (unpaired) electrons. The van der Waals surface area contributed by atoms with E-state index in [9.17, 15) is 4.39 Å². The highest BCUT2D eigenvalue weighted by atomic mass is 19.1. The van der Waals surface area contributed by atoms with Gasteiger partial charge in [0.1, 0.15) is 18.2 Å². The average molecular weight is 237 g/mol. The van der Waals surface area contributed by atoms with Crippen molar-refractivity contribution >= 4 is 0 Å². The van der Waals surface area contributed by atoms with E-state index >= 15 is 0 Å². The Hall–Kier alpha value is -1.09. The van der Waals surface area contributed by atoms with Gasteiger partial charge in [-0.05, 0) is 57.0 Å². The van der Waals surface area contributed by atoms with Gasteiger partial charge in [0.2, 0.25) is 0 Å². The summed E-state index contributed by atoms with van der Waals surface area (Å²) in [6.45, 7) is 3.84. The molecular weight excluding hydrogens is 217 g/mol. The molecule has 0 spiro atoms. The van der Waals surface area contributed by atoms with Crippen LogP contribution in [0.1, 0.15) is 19.8 Å². The zero-order valence-electron chi connectivity index (χ0n) is 10.5. The quantitative estimate of drug-likeness (QED) is 0.754. The van der Waals surface area contributed by atoms with Gasteiger partial charge in [-0.1, -0.05) is 0 Å². The Labute approximate surface area is 102 Å². The minimum absolute atomic E-state index is 0.225. The fourth-order valence-electron chi connectivity index (χ4n) is 1.98. The lowest BCUT2D eigenvalue weighted by Gasteiger charge is -2.24. The largest absolute Gasteiger partial charge is 0.492 e. The van der Waals surface area contributed by atoms with Crippen LogP contribution in [0, 0.1) is 11.7 Å². The van der Waals surface area contributed by atoms with E-state index in [0.29, 0.717) is 12.6 Å². The van der Waals surface area contributed by atoms with Crippen LogP contribution in [-0.2, 0) is 0 Å². The van der Waals surface area contributed by atoms with Crippen molar-refractivity contribution < 1.29 is 9.13 Å². The molecule has 0 N–H and O–H groups in total. The topological polar surface area (TPSA) is 12.5 Å². The summed E-state index contributed by atoms with van der Waals surface area (Å²) in [5, 5.41) is 0. The van der Waals surface area contributed by atoms with Crippen molar-refractivity contribution in [2.24, 2.45) is 5.92 Å². The van der Waals surface area contributed by atoms with Crippen LogP contribution in [0.15, 0.2) is 24.3 Å². The molecule has 2 nitrogen and oxygen atoms in total. The van der Waals surface area contributed by atoms with Gasteiger partial charge in [0.05, 0.1) is 0 Å². The Morgan fingerprint density at radius 1 is 1.35 bits per heavy atom. The first kappa shape index (κ1) is 12.4. The summed E-state index contributed by atoms with van der Waals surface area (Å²) < 4.78 is 18.2. The van der Waals surface area contributed by atoms with Crippen molar-refractivity contribution in [2.45, 2.75) is 25.8 Å². The SMILES string of the molecule is CC(C1CC1)N(C)CCOc1ccc(F)cc1. The maximum absolute atomic E-state index is 12.7. The molecule has 94 valence electrons. The van der Waals surface area contributed by atoms with E-state index in [1.807, 2.05) is 0 Å². The van der Waals surface area contributed by atoms with E-state index < -0.39 is 0 Å². The normalized spacial score (nSPS) is 17.2. The summed E-state index contributed by atoms with van der Waals surface area (Å²) in [4.78, 5) is 2.33. The van der Waals surface area contributed by atoms with E-state index in [2.05, 4.69) is 18.9 Å². The molecule has 2 rings (SSSR count). The third-order valence-electron chi connectivity index (χ3n) is 3.53. The highest BCUT2D eigenvalue weighted by molar-refractivity contribution is 5.21. The van der Waals surface area contributed by atoms with Gasteiger partial charge >= 0.3 is 0 Å². The molecule has 0 saturated heterocycles. The lowest BCUT2D eigenvalue weighted by molar-refractivity contribution is 0.186. The highest BCUT2D eigenvalue weighted by Gasteiger charge is 2.30. The lowest BCUT2D eigenvalue weighted by atomic mass is 10.2. The fourth-order valence-corrected chi connectivity index (χ4v) is 1.98. The molecule has 1 aliphatic rings. The van der Waals surface area contributed by atoms with Gasteiger partial charge in [0.15, 0.2) is 0 Å². The minimum Gasteiger partial charge on any atom is -0.492 e. The van der Waals surface area contributed by atoms with E-state index in [1.54, 1.807) is 12.1 Å². The molecule has 1 atom stereocenters. The molecule has 1 aromatic carbocycles. The van der Waals surface area contributed by atoms with Gasteiger partial charge < -0.3 is 9.64 Å². The third-order valence-corrected chi connectivity index (χ3v) is 3.53. The molecule has 0 heterocycles. The van der Waals surface area contributed by atoms with Gasteiger partial charge in [-0.15, -0.1) is 0 Å². The minimum atomic E-state index is -0.225. The molecular formula is C14H20FNO. The van der Waals surface area contributed by atoms with E-state index in [0.717, 1.165) is 18.2 Å². The van der Waals surface area contributed by atoms with Gasteiger partial charge in [0.25, 0.3) is 0 Å². The molecule has 3 heteroatoms. The molecule has 1 fully saturated rings. The Kier molecular flexibility index (Phi) is 4.00. The standard InChI is InChI=1S/C14H20FNO/c1-11(12-3-4-12)16(2)9-10-17-14-7-5-13(15)6-8-14/h5-8,11-12H,3-4,9-10H2,1-2H3. The lowest BCUT2D eigenvalue weighted by Crippen LogP contribution is -2.34. The van der Waals surface area contributed by atoms with Crippen LogP contribution in [0.3, 0.4) is 0 Å². The van der Waals surface area contributed by atoms with E-state index in [-0.39, 0.29) is 5.82 Å². The van der Waals surface area contributed by atoms with Gasteiger partial charge in [-0.2, -0.15) is 0 Å². The van der Waals surface area contributed by atoms with Crippen molar-refractivity contribution in [3.8, 4) is 5.75 Å². The first-order valence-electron chi connectivity index (χ1n) is 6.25. The molecule has 1 unspecified atom stereocenters. The average Bonchev–Trinajstić information content (AvgIpc) is 3.14. The van der Waals surface area contributed by atoms with Crippen LogP contribution in [0.2, 0.25) is 0 Å². The van der Waals surface area contributed by atoms with Crippen LogP contribution in [-0.4, -0.2) is 31.1 Å². The molecule has 0 bridgehead atoms. The predicted octanol–water partition coefficient (Wildman–Crippen LogP) is 2.93. The number of ether oxygens (including phenoxy) is 1. The first-order valence-corrected chi connectivity index (χ1v) is 6.25. The van der Waals surface area contributed by atoms with Gasteiger partial charge in [-0.3, -0.25) is 0 Å².